The summed E-state index contributed by atoms with van der Waals surface area (Å²) in [6.07, 6.45) is 4.48. The summed E-state index contributed by atoms with van der Waals surface area (Å²) in [4.78, 5) is 47.1. The van der Waals surface area contributed by atoms with Crippen molar-refractivity contribution in [1.82, 2.24) is 19.1 Å². The third-order valence-corrected chi connectivity index (χ3v) is 5.37. The molecule has 8 nitrogen and oxygen atoms in total. The molecule has 0 radical (unpaired) electrons. The molecule has 2 aromatic heterocycles. The number of hydrogen-bond acceptors (Lipinski definition) is 6. The van der Waals surface area contributed by atoms with Gasteiger partial charge in [0.05, 0.1) is 16.6 Å². The van der Waals surface area contributed by atoms with Gasteiger partial charge in [-0.3, -0.25) is 19.0 Å². The second-order valence-electron chi connectivity index (χ2n) is 7.07. The van der Waals surface area contributed by atoms with E-state index in [4.69, 9.17) is 0 Å². The largest absolute Gasteiger partial charge is 0.341 e. The standard InChI is InChI=1S/C20H21N5O3/c1-13(26)14-11-21-20(22-12-14)24-9-7-15(8-10-24)25-17-6-4-3-5-16(17)23(2)18(27)19(25)28/h3-6,11-12,15H,7-10H2,1-2H3. The van der Waals surface area contributed by atoms with Crippen LogP contribution in [0.5, 0.6) is 0 Å². The number of Topliss-reactive ketones (excluding diaryl/α,β-unsaturated/α-hetero) is 1. The molecule has 144 valence electrons. The summed E-state index contributed by atoms with van der Waals surface area (Å²) in [5, 5.41) is 0. The number of benzene rings is 1. The third-order valence-electron chi connectivity index (χ3n) is 5.37. The number of aryl methyl sites for hydroxylation is 1. The second-order valence-corrected chi connectivity index (χ2v) is 7.07. The number of carbonyl (C=O) groups excluding carboxylic acids is 1. The van der Waals surface area contributed by atoms with Crippen LogP contribution in [-0.2, 0) is 7.05 Å². The summed E-state index contributed by atoms with van der Waals surface area (Å²) in [5.41, 5.74) is 1.01. The molecule has 1 saturated heterocycles. The van der Waals surface area contributed by atoms with Crippen LogP contribution in [0.15, 0.2) is 46.2 Å². The van der Waals surface area contributed by atoms with Gasteiger partial charge in [0, 0.05) is 38.6 Å². The van der Waals surface area contributed by atoms with Gasteiger partial charge in [0.2, 0.25) is 5.95 Å². The van der Waals surface area contributed by atoms with Crippen LogP contribution in [0, 0.1) is 0 Å². The molecule has 0 N–H and O–H groups in total. The predicted molar refractivity (Wildman–Crippen MR) is 106 cm³/mol. The molecule has 0 amide bonds. The van der Waals surface area contributed by atoms with Crippen molar-refractivity contribution in [2.45, 2.75) is 25.8 Å². The summed E-state index contributed by atoms with van der Waals surface area (Å²) in [7, 11) is 1.63. The SMILES string of the molecule is CC(=O)c1cnc(N2CCC(n3c(=O)c(=O)n(C)c4ccccc43)CC2)nc1. The van der Waals surface area contributed by atoms with Crippen LogP contribution in [0.2, 0.25) is 0 Å². The highest BCUT2D eigenvalue weighted by Gasteiger charge is 2.25. The molecule has 1 aliphatic rings. The highest BCUT2D eigenvalue weighted by molar-refractivity contribution is 5.93. The summed E-state index contributed by atoms with van der Waals surface area (Å²) < 4.78 is 3.06. The minimum absolute atomic E-state index is 0.0564. The Hall–Kier alpha value is -3.29. The van der Waals surface area contributed by atoms with Gasteiger partial charge in [0.1, 0.15) is 0 Å². The van der Waals surface area contributed by atoms with Crippen molar-refractivity contribution in [3.63, 3.8) is 0 Å². The van der Waals surface area contributed by atoms with E-state index in [2.05, 4.69) is 9.97 Å². The van der Waals surface area contributed by atoms with Crippen molar-refractivity contribution in [2.24, 2.45) is 7.05 Å². The van der Waals surface area contributed by atoms with Crippen LogP contribution in [-0.4, -0.2) is 38.0 Å². The summed E-state index contributed by atoms with van der Waals surface area (Å²) in [5.74, 6) is 0.506. The lowest BCUT2D eigenvalue weighted by Crippen LogP contribution is -2.45. The van der Waals surface area contributed by atoms with Gasteiger partial charge >= 0.3 is 11.1 Å². The van der Waals surface area contributed by atoms with Gasteiger partial charge in [-0.2, -0.15) is 0 Å². The lowest BCUT2D eigenvalue weighted by Gasteiger charge is -2.33. The first-order valence-corrected chi connectivity index (χ1v) is 9.25. The number of anilines is 1. The molecule has 1 aromatic carbocycles. The van der Waals surface area contributed by atoms with E-state index >= 15 is 0 Å². The van der Waals surface area contributed by atoms with Crippen molar-refractivity contribution in [3.05, 3.63) is 62.9 Å². The van der Waals surface area contributed by atoms with Crippen molar-refractivity contribution in [3.8, 4) is 0 Å². The van der Waals surface area contributed by atoms with Gasteiger partial charge < -0.3 is 9.47 Å². The fraction of sp³-hybridized carbons (Fsp3) is 0.350. The predicted octanol–water partition coefficient (Wildman–Crippen LogP) is 1.53. The van der Waals surface area contributed by atoms with E-state index in [1.54, 1.807) is 11.6 Å². The fourth-order valence-electron chi connectivity index (χ4n) is 3.77. The van der Waals surface area contributed by atoms with Crippen LogP contribution in [0.4, 0.5) is 5.95 Å². The summed E-state index contributed by atoms with van der Waals surface area (Å²) in [6.45, 7) is 2.82. The highest BCUT2D eigenvalue weighted by Crippen LogP contribution is 2.26. The van der Waals surface area contributed by atoms with E-state index in [0.717, 1.165) is 11.0 Å². The lowest BCUT2D eigenvalue weighted by atomic mass is 10.0. The maximum atomic E-state index is 12.7. The Morgan fingerprint density at radius 1 is 1.00 bits per heavy atom. The maximum Gasteiger partial charge on any atom is 0.317 e. The third kappa shape index (κ3) is 3.00. The number of para-hydroxylation sites is 2. The number of aromatic nitrogens is 4. The monoisotopic (exact) mass is 379 g/mol. The molecule has 0 bridgehead atoms. The second kappa shape index (κ2) is 7.03. The Labute approximate surface area is 161 Å². The number of nitrogens with zero attached hydrogens (tertiary/aromatic N) is 5. The number of piperidine rings is 1. The average Bonchev–Trinajstić information content (AvgIpc) is 2.73. The Bertz CT molecular complexity index is 1160. The Balaban J connectivity index is 1.62. The number of hydrogen-bond donors (Lipinski definition) is 0. The van der Waals surface area contributed by atoms with Crippen LogP contribution < -0.4 is 16.0 Å². The van der Waals surface area contributed by atoms with E-state index in [1.807, 2.05) is 29.2 Å². The topological polar surface area (TPSA) is 90.1 Å². The van der Waals surface area contributed by atoms with Gasteiger partial charge in [-0.05, 0) is 31.9 Å². The Morgan fingerprint density at radius 2 is 1.61 bits per heavy atom. The van der Waals surface area contributed by atoms with Crippen molar-refractivity contribution in [2.75, 3.05) is 18.0 Å². The molecule has 0 saturated carbocycles. The van der Waals surface area contributed by atoms with Gasteiger partial charge in [-0.15, -0.1) is 0 Å². The van der Waals surface area contributed by atoms with Crippen LogP contribution >= 0.6 is 0 Å². The van der Waals surface area contributed by atoms with Gasteiger partial charge in [0.15, 0.2) is 5.78 Å². The van der Waals surface area contributed by atoms with E-state index in [9.17, 15) is 14.4 Å². The van der Waals surface area contributed by atoms with E-state index < -0.39 is 11.1 Å². The smallest absolute Gasteiger partial charge is 0.317 e. The number of ketones is 1. The lowest BCUT2D eigenvalue weighted by molar-refractivity contribution is 0.101. The molecular formula is C20H21N5O3. The molecule has 1 fully saturated rings. The molecule has 0 atom stereocenters. The van der Waals surface area contributed by atoms with Crippen LogP contribution in [0.3, 0.4) is 0 Å². The highest BCUT2D eigenvalue weighted by atomic mass is 16.2. The molecular weight excluding hydrogens is 358 g/mol. The molecule has 8 heteroatoms. The summed E-state index contributed by atoms with van der Waals surface area (Å²) in [6, 6.07) is 7.42. The first-order chi connectivity index (χ1) is 13.5. The fourth-order valence-corrected chi connectivity index (χ4v) is 3.77. The van der Waals surface area contributed by atoms with Crippen LogP contribution in [0.1, 0.15) is 36.2 Å². The molecule has 0 spiro atoms. The quantitative estimate of drug-likeness (QED) is 0.506. The van der Waals surface area contributed by atoms with Gasteiger partial charge in [0.25, 0.3) is 0 Å². The molecule has 28 heavy (non-hydrogen) atoms. The van der Waals surface area contributed by atoms with Gasteiger partial charge in [-0.25, -0.2) is 9.97 Å². The first kappa shape index (κ1) is 18.1. The van der Waals surface area contributed by atoms with E-state index in [-0.39, 0.29) is 11.8 Å². The summed E-state index contributed by atoms with van der Waals surface area (Å²) >= 11 is 0. The van der Waals surface area contributed by atoms with E-state index in [0.29, 0.717) is 37.4 Å². The zero-order valence-corrected chi connectivity index (χ0v) is 15.8. The Kier molecular flexibility index (Phi) is 4.54. The number of rotatable bonds is 3. The normalized spacial score (nSPS) is 15.1. The maximum absolute atomic E-state index is 12.7. The first-order valence-electron chi connectivity index (χ1n) is 9.25. The number of carbonyl (C=O) groups is 1. The molecule has 3 aromatic rings. The van der Waals surface area contributed by atoms with Crippen molar-refractivity contribution in [1.29, 1.82) is 0 Å². The zero-order valence-electron chi connectivity index (χ0n) is 15.8. The minimum atomic E-state index is -0.510. The molecule has 0 unspecified atom stereocenters. The van der Waals surface area contributed by atoms with Gasteiger partial charge in [-0.1, -0.05) is 12.1 Å². The minimum Gasteiger partial charge on any atom is -0.341 e. The molecule has 4 rings (SSSR count). The molecule has 3 heterocycles. The van der Waals surface area contributed by atoms with E-state index in [1.165, 1.54) is 23.9 Å². The van der Waals surface area contributed by atoms with Crippen molar-refractivity contribution < 1.29 is 4.79 Å². The Morgan fingerprint density at radius 3 is 2.21 bits per heavy atom. The van der Waals surface area contributed by atoms with Crippen molar-refractivity contribution >= 4 is 22.8 Å². The zero-order chi connectivity index (χ0) is 19.8. The average molecular weight is 379 g/mol. The molecule has 0 aliphatic carbocycles. The molecule has 1 aliphatic heterocycles. The van der Waals surface area contributed by atoms with Crippen LogP contribution in [0.25, 0.3) is 11.0 Å². The number of fused-ring (bicyclic) bond motifs is 1.